The molecular formula is C13H18N2O2. The first kappa shape index (κ1) is 11.9. The van der Waals surface area contributed by atoms with Gasteiger partial charge in [0.2, 0.25) is 0 Å². The summed E-state index contributed by atoms with van der Waals surface area (Å²) in [5.74, 6) is 0.508. The Morgan fingerprint density at radius 3 is 2.29 bits per heavy atom. The van der Waals surface area contributed by atoms with Crippen molar-refractivity contribution in [3.05, 3.63) is 29.8 Å². The molecule has 0 N–H and O–H groups in total. The highest BCUT2D eigenvalue weighted by molar-refractivity contribution is 5.93. The number of rotatable bonds is 3. The van der Waals surface area contributed by atoms with Crippen molar-refractivity contribution in [1.82, 2.24) is 5.06 Å². The zero-order chi connectivity index (χ0) is 12.4. The smallest absolute Gasteiger partial charge is 0.291 e. The number of hydrogen-bond acceptors (Lipinski definition) is 2. The first-order valence-electron chi connectivity index (χ1n) is 5.86. The summed E-state index contributed by atoms with van der Waals surface area (Å²) in [5.41, 5.74) is 2.21. The van der Waals surface area contributed by atoms with Gasteiger partial charge in [0.25, 0.3) is 0 Å². The van der Waals surface area contributed by atoms with Crippen LogP contribution < -0.4 is 4.90 Å². The highest BCUT2D eigenvalue weighted by atomic mass is 16.7. The van der Waals surface area contributed by atoms with Crippen LogP contribution in [-0.2, 0) is 4.84 Å². The minimum Gasteiger partial charge on any atom is -0.291 e. The third-order valence-corrected chi connectivity index (χ3v) is 3.06. The summed E-state index contributed by atoms with van der Waals surface area (Å²) >= 11 is 0. The molecule has 4 heteroatoms. The molecule has 1 aromatic rings. The number of benzene rings is 1. The Kier molecular flexibility index (Phi) is 3.33. The third kappa shape index (κ3) is 2.26. The summed E-state index contributed by atoms with van der Waals surface area (Å²) < 4.78 is 0. The molecule has 0 atom stereocenters. The fraction of sp³-hybridized carbons (Fsp3) is 0.462. The number of hydroxylamine groups is 2. The minimum absolute atomic E-state index is 0.0928. The van der Waals surface area contributed by atoms with Gasteiger partial charge in [-0.05, 0) is 23.6 Å². The van der Waals surface area contributed by atoms with Crippen molar-refractivity contribution in [2.75, 3.05) is 25.1 Å². The zero-order valence-corrected chi connectivity index (χ0v) is 10.5. The predicted octanol–water partition coefficient (Wildman–Crippen LogP) is 2.61. The standard InChI is InChI=1S/C13H18N2O2/c1-10(2)11-4-6-12(7-5-11)14-8-9-15(17-3)13(14)16/h4-7,10H,8-9H2,1-3H3. The summed E-state index contributed by atoms with van der Waals surface area (Å²) in [6.45, 7) is 5.60. The summed E-state index contributed by atoms with van der Waals surface area (Å²) in [4.78, 5) is 18.6. The van der Waals surface area contributed by atoms with Gasteiger partial charge in [-0.15, -0.1) is 0 Å². The van der Waals surface area contributed by atoms with Gasteiger partial charge in [-0.2, -0.15) is 0 Å². The van der Waals surface area contributed by atoms with Crippen LogP contribution in [0.1, 0.15) is 25.3 Å². The molecule has 0 radical (unpaired) electrons. The number of carbonyl (C=O) groups is 1. The van der Waals surface area contributed by atoms with E-state index < -0.39 is 0 Å². The number of urea groups is 1. The van der Waals surface area contributed by atoms with E-state index >= 15 is 0 Å². The van der Waals surface area contributed by atoms with Crippen LogP contribution in [0.25, 0.3) is 0 Å². The lowest BCUT2D eigenvalue weighted by Crippen LogP contribution is -2.30. The number of anilines is 1. The van der Waals surface area contributed by atoms with Gasteiger partial charge in [-0.25, -0.2) is 9.86 Å². The van der Waals surface area contributed by atoms with Gasteiger partial charge in [0.1, 0.15) is 0 Å². The predicted molar refractivity (Wildman–Crippen MR) is 67.0 cm³/mol. The SMILES string of the molecule is CON1CCN(c2ccc(C(C)C)cc2)C1=O. The molecule has 1 fully saturated rings. The van der Waals surface area contributed by atoms with E-state index in [4.69, 9.17) is 4.84 Å². The molecule has 2 rings (SSSR count). The molecule has 1 aliphatic heterocycles. The molecule has 0 saturated carbocycles. The lowest BCUT2D eigenvalue weighted by molar-refractivity contribution is -0.0698. The van der Waals surface area contributed by atoms with Crippen LogP contribution in [0.2, 0.25) is 0 Å². The van der Waals surface area contributed by atoms with Gasteiger partial charge in [-0.1, -0.05) is 26.0 Å². The van der Waals surface area contributed by atoms with Crippen molar-refractivity contribution in [2.24, 2.45) is 0 Å². The molecule has 4 nitrogen and oxygen atoms in total. The maximum absolute atomic E-state index is 11.9. The molecule has 0 spiro atoms. The van der Waals surface area contributed by atoms with Crippen molar-refractivity contribution in [3.8, 4) is 0 Å². The fourth-order valence-electron chi connectivity index (χ4n) is 1.96. The normalized spacial score (nSPS) is 16.1. The Morgan fingerprint density at radius 1 is 1.18 bits per heavy atom. The van der Waals surface area contributed by atoms with E-state index in [1.807, 2.05) is 12.1 Å². The molecular weight excluding hydrogens is 216 g/mol. The Hall–Kier alpha value is -1.55. The molecule has 0 unspecified atom stereocenters. The molecule has 2 amide bonds. The van der Waals surface area contributed by atoms with Crippen LogP contribution >= 0.6 is 0 Å². The minimum atomic E-state index is -0.0928. The molecule has 0 bridgehead atoms. The molecule has 1 saturated heterocycles. The summed E-state index contributed by atoms with van der Waals surface area (Å²) in [6.07, 6.45) is 0. The second-order valence-electron chi connectivity index (χ2n) is 4.47. The van der Waals surface area contributed by atoms with Crippen LogP contribution in [0.4, 0.5) is 10.5 Å². The van der Waals surface area contributed by atoms with Crippen molar-refractivity contribution < 1.29 is 9.63 Å². The van der Waals surface area contributed by atoms with Crippen molar-refractivity contribution in [3.63, 3.8) is 0 Å². The maximum atomic E-state index is 11.9. The summed E-state index contributed by atoms with van der Waals surface area (Å²) in [6, 6.07) is 8.04. The average Bonchev–Trinajstić information content (AvgIpc) is 2.70. The van der Waals surface area contributed by atoms with Crippen LogP contribution in [-0.4, -0.2) is 31.3 Å². The van der Waals surface area contributed by atoms with E-state index in [0.717, 1.165) is 5.69 Å². The molecule has 17 heavy (non-hydrogen) atoms. The van der Waals surface area contributed by atoms with E-state index in [1.165, 1.54) is 17.7 Å². The van der Waals surface area contributed by atoms with Crippen LogP contribution in [0.5, 0.6) is 0 Å². The lowest BCUT2D eigenvalue weighted by Gasteiger charge is -2.17. The highest BCUT2D eigenvalue weighted by Gasteiger charge is 2.29. The van der Waals surface area contributed by atoms with E-state index in [1.54, 1.807) is 4.90 Å². The lowest BCUT2D eigenvalue weighted by atomic mass is 10.0. The second-order valence-corrected chi connectivity index (χ2v) is 4.47. The fourth-order valence-corrected chi connectivity index (χ4v) is 1.96. The van der Waals surface area contributed by atoms with Gasteiger partial charge in [0.05, 0.1) is 13.7 Å². The Bertz CT molecular complexity index is 400. The van der Waals surface area contributed by atoms with E-state index in [0.29, 0.717) is 19.0 Å². The van der Waals surface area contributed by atoms with E-state index in [2.05, 4.69) is 26.0 Å². The number of amides is 2. The average molecular weight is 234 g/mol. The van der Waals surface area contributed by atoms with E-state index in [9.17, 15) is 4.79 Å². The topological polar surface area (TPSA) is 32.8 Å². The Morgan fingerprint density at radius 2 is 1.82 bits per heavy atom. The molecule has 1 aromatic carbocycles. The molecule has 0 aliphatic carbocycles. The summed E-state index contributed by atoms with van der Waals surface area (Å²) in [5, 5.41) is 1.37. The Labute approximate surface area is 102 Å². The third-order valence-electron chi connectivity index (χ3n) is 3.06. The Balaban J connectivity index is 2.16. The van der Waals surface area contributed by atoms with Gasteiger partial charge in [0.15, 0.2) is 0 Å². The quantitative estimate of drug-likeness (QED) is 0.805. The number of nitrogens with zero attached hydrogens (tertiary/aromatic N) is 2. The van der Waals surface area contributed by atoms with E-state index in [-0.39, 0.29) is 6.03 Å². The van der Waals surface area contributed by atoms with Crippen molar-refractivity contribution in [2.45, 2.75) is 19.8 Å². The van der Waals surface area contributed by atoms with Crippen LogP contribution in [0, 0.1) is 0 Å². The van der Waals surface area contributed by atoms with Gasteiger partial charge < -0.3 is 0 Å². The molecule has 0 aromatic heterocycles. The largest absolute Gasteiger partial charge is 0.348 e. The van der Waals surface area contributed by atoms with Crippen LogP contribution in [0.15, 0.2) is 24.3 Å². The number of carbonyl (C=O) groups excluding carboxylic acids is 1. The molecule has 1 heterocycles. The van der Waals surface area contributed by atoms with Gasteiger partial charge in [-0.3, -0.25) is 9.74 Å². The second kappa shape index (κ2) is 4.75. The van der Waals surface area contributed by atoms with Gasteiger partial charge in [0, 0.05) is 12.2 Å². The first-order chi connectivity index (χ1) is 8.13. The molecule has 1 aliphatic rings. The summed E-state index contributed by atoms with van der Waals surface area (Å²) in [7, 11) is 1.52. The van der Waals surface area contributed by atoms with Gasteiger partial charge >= 0.3 is 6.03 Å². The number of hydrogen-bond donors (Lipinski definition) is 0. The van der Waals surface area contributed by atoms with Crippen molar-refractivity contribution in [1.29, 1.82) is 0 Å². The van der Waals surface area contributed by atoms with Crippen molar-refractivity contribution >= 4 is 11.7 Å². The monoisotopic (exact) mass is 234 g/mol. The zero-order valence-electron chi connectivity index (χ0n) is 10.5. The maximum Gasteiger partial charge on any atom is 0.348 e. The highest BCUT2D eigenvalue weighted by Crippen LogP contribution is 2.23. The molecule has 92 valence electrons. The van der Waals surface area contributed by atoms with Crippen LogP contribution in [0.3, 0.4) is 0 Å². The first-order valence-corrected chi connectivity index (χ1v) is 5.86.